The number of amides is 1. The first kappa shape index (κ1) is 14.9. The van der Waals surface area contributed by atoms with Gasteiger partial charge in [-0.3, -0.25) is 14.9 Å². The monoisotopic (exact) mass is 310 g/mol. The lowest BCUT2D eigenvalue weighted by atomic mass is 10.2. The Kier molecular flexibility index (Phi) is 4.44. The fourth-order valence-corrected chi connectivity index (χ4v) is 1.79. The molecule has 1 N–H and O–H groups in total. The molecular weight excluding hydrogens is 300 g/mol. The molecule has 0 saturated carbocycles. The number of carbonyl (C=O) groups is 1. The van der Waals surface area contributed by atoms with Crippen LogP contribution >= 0.6 is 11.6 Å². The Morgan fingerprint density at radius 1 is 1.43 bits per heavy atom. The van der Waals surface area contributed by atoms with Crippen molar-refractivity contribution in [1.29, 1.82) is 0 Å². The van der Waals surface area contributed by atoms with Gasteiger partial charge in [0.2, 0.25) is 0 Å². The molecule has 1 aromatic carbocycles. The minimum atomic E-state index is -0.630. The second-order valence-electron chi connectivity index (χ2n) is 3.93. The van der Waals surface area contributed by atoms with Crippen molar-refractivity contribution in [2.24, 2.45) is 0 Å². The molecule has 2 rings (SSSR count). The van der Waals surface area contributed by atoms with E-state index in [-0.39, 0.29) is 22.4 Å². The zero-order valence-corrected chi connectivity index (χ0v) is 11.7. The first-order valence-electron chi connectivity index (χ1n) is 5.99. The van der Waals surface area contributed by atoms with E-state index >= 15 is 0 Å². The van der Waals surface area contributed by atoms with Crippen LogP contribution in [-0.2, 0) is 0 Å². The second-order valence-corrected chi connectivity index (χ2v) is 4.30. The number of ether oxygens (including phenoxy) is 1. The molecule has 2 aromatic rings. The van der Waals surface area contributed by atoms with Crippen LogP contribution in [0.2, 0.25) is 5.22 Å². The smallest absolute Gasteiger partial charge is 0.296 e. The van der Waals surface area contributed by atoms with Crippen LogP contribution in [0.3, 0.4) is 0 Å². The minimum Gasteiger partial charge on any atom is -0.494 e. The lowest BCUT2D eigenvalue weighted by molar-refractivity contribution is -0.384. The number of anilines is 1. The number of hydrogen-bond donors (Lipinski definition) is 1. The highest BCUT2D eigenvalue weighted by atomic mass is 35.5. The number of furan rings is 1. The Morgan fingerprint density at radius 2 is 2.19 bits per heavy atom. The van der Waals surface area contributed by atoms with Crippen molar-refractivity contribution in [3.8, 4) is 5.75 Å². The molecular formula is C13H11ClN2O5. The number of carbonyl (C=O) groups excluding carboxylic acids is 1. The van der Waals surface area contributed by atoms with Gasteiger partial charge in [-0.15, -0.1) is 0 Å². The molecule has 21 heavy (non-hydrogen) atoms. The Labute approximate surface area is 124 Å². The molecule has 0 radical (unpaired) electrons. The first-order chi connectivity index (χ1) is 10.0. The van der Waals surface area contributed by atoms with Gasteiger partial charge in [0.1, 0.15) is 11.4 Å². The number of nitrogens with one attached hydrogen (secondary N) is 1. The third kappa shape index (κ3) is 3.51. The molecule has 0 bridgehead atoms. The number of nitrogens with zero attached hydrogens (tertiary/aromatic N) is 1. The van der Waals surface area contributed by atoms with Crippen LogP contribution in [0.1, 0.15) is 17.5 Å². The maximum absolute atomic E-state index is 11.9. The topological polar surface area (TPSA) is 94.6 Å². The number of halogens is 1. The highest BCUT2D eigenvalue weighted by Gasteiger charge is 2.19. The van der Waals surface area contributed by atoms with Gasteiger partial charge in [-0.1, -0.05) is 0 Å². The summed E-state index contributed by atoms with van der Waals surface area (Å²) in [7, 11) is 0. The first-order valence-corrected chi connectivity index (χ1v) is 6.37. The minimum absolute atomic E-state index is 0.0387. The number of nitro groups is 1. The summed E-state index contributed by atoms with van der Waals surface area (Å²) >= 11 is 5.57. The molecule has 0 aliphatic heterocycles. The van der Waals surface area contributed by atoms with Crippen molar-refractivity contribution in [2.45, 2.75) is 6.92 Å². The van der Waals surface area contributed by atoms with Gasteiger partial charge in [-0.05, 0) is 42.8 Å². The molecule has 1 aromatic heterocycles. The molecule has 0 atom stereocenters. The molecule has 1 heterocycles. The second kappa shape index (κ2) is 6.27. The van der Waals surface area contributed by atoms with E-state index in [0.29, 0.717) is 12.4 Å². The molecule has 0 aliphatic rings. The molecule has 0 fully saturated rings. The third-order valence-electron chi connectivity index (χ3n) is 2.52. The predicted octanol–water partition coefficient (Wildman–Crippen LogP) is 3.49. The number of benzene rings is 1. The van der Waals surface area contributed by atoms with Gasteiger partial charge in [-0.2, -0.15) is 0 Å². The summed E-state index contributed by atoms with van der Waals surface area (Å²) in [6, 6.07) is 6.95. The predicted molar refractivity (Wildman–Crippen MR) is 75.9 cm³/mol. The maximum Gasteiger partial charge on any atom is 0.296 e. The number of rotatable bonds is 5. The maximum atomic E-state index is 11.9. The third-order valence-corrected chi connectivity index (χ3v) is 2.73. The van der Waals surface area contributed by atoms with Crippen molar-refractivity contribution in [3.05, 3.63) is 51.4 Å². The summed E-state index contributed by atoms with van der Waals surface area (Å²) in [5.41, 5.74) is -0.229. The fourth-order valence-electron chi connectivity index (χ4n) is 1.64. The van der Waals surface area contributed by atoms with Gasteiger partial charge in [-0.25, -0.2) is 0 Å². The quantitative estimate of drug-likeness (QED) is 0.673. The standard InChI is InChI=1S/C13H11ClN2O5/c1-2-20-8-3-4-9(10(7-8)16(18)19)15-13(17)11-5-6-12(14)21-11/h3-7H,2H2,1H3,(H,15,17). The van der Waals surface area contributed by atoms with E-state index in [1.54, 1.807) is 6.92 Å². The van der Waals surface area contributed by atoms with Crippen molar-refractivity contribution in [3.63, 3.8) is 0 Å². The van der Waals surface area contributed by atoms with Crippen molar-refractivity contribution < 1.29 is 18.9 Å². The van der Waals surface area contributed by atoms with E-state index in [1.165, 1.54) is 30.3 Å². The molecule has 0 unspecified atom stereocenters. The summed E-state index contributed by atoms with van der Waals surface area (Å²) in [4.78, 5) is 22.3. The van der Waals surface area contributed by atoms with Gasteiger partial charge < -0.3 is 14.5 Å². The van der Waals surface area contributed by atoms with Gasteiger partial charge in [0.05, 0.1) is 17.6 Å². The largest absolute Gasteiger partial charge is 0.494 e. The van der Waals surface area contributed by atoms with E-state index in [4.69, 9.17) is 20.8 Å². The van der Waals surface area contributed by atoms with Crippen molar-refractivity contribution >= 4 is 28.9 Å². The van der Waals surface area contributed by atoms with Crippen LogP contribution in [0.5, 0.6) is 5.75 Å². The molecule has 7 nitrogen and oxygen atoms in total. The summed E-state index contributed by atoms with van der Waals surface area (Å²) in [5.74, 6) is -0.319. The van der Waals surface area contributed by atoms with Gasteiger partial charge in [0.15, 0.2) is 11.0 Å². The van der Waals surface area contributed by atoms with Crippen LogP contribution in [0.4, 0.5) is 11.4 Å². The lowest BCUT2D eigenvalue weighted by Crippen LogP contribution is -2.12. The Balaban J connectivity index is 2.26. The van der Waals surface area contributed by atoms with E-state index < -0.39 is 10.8 Å². The van der Waals surface area contributed by atoms with E-state index in [1.807, 2.05) is 0 Å². The number of nitro benzene ring substituents is 1. The van der Waals surface area contributed by atoms with E-state index in [9.17, 15) is 14.9 Å². The average Bonchev–Trinajstić information content (AvgIpc) is 2.87. The van der Waals surface area contributed by atoms with Gasteiger partial charge >= 0.3 is 0 Å². The Hall–Kier alpha value is -2.54. The molecule has 1 amide bonds. The molecule has 0 aliphatic carbocycles. The van der Waals surface area contributed by atoms with Crippen LogP contribution in [-0.4, -0.2) is 17.4 Å². The SMILES string of the molecule is CCOc1ccc(NC(=O)c2ccc(Cl)o2)c([N+](=O)[O-])c1. The highest BCUT2D eigenvalue weighted by Crippen LogP contribution is 2.29. The van der Waals surface area contributed by atoms with E-state index in [0.717, 1.165) is 0 Å². The van der Waals surface area contributed by atoms with Crippen LogP contribution in [0, 0.1) is 10.1 Å². The Bertz CT molecular complexity index is 683. The van der Waals surface area contributed by atoms with Crippen LogP contribution < -0.4 is 10.1 Å². The van der Waals surface area contributed by atoms with E-state index in [2.05, 4.69) is 5.32 Å². The lowest BCUT2D eigenvalue weighted by Gasteiger charge is -2.07. The molecule has 110 valence electrons. The van der Waals surface area contributed by atoms with Crippen molar-refractivity contribution in [1.82, 2.24) is 0 Å². The van der Waals surface area contributed by atoms with Gasteiger partial charge in [0, 0.05) is 0 Å². The highest BCUT2D eigenvalue weighted by molar-refractivity contribution is 6.29. The summed E-state index contributed by atoms with van der Waals surface area (Å²) in [6.07, 6.45) is 0. The summed E-state index contributed by atoms with van der Waals surface area (Å²) in [6.45, 7) is 2.15. The van der Waals surface area contributed by atoms with Crippen LogP contribution in [0.25, 0.3) is 0 Å². The number of hydrogen-bond acceptors (Lipinski definition) is 5. The summed E-state index contributed by atoms with van der Waals surface area (Å²) < 4.78 is 10.1. The molecule has 0 spiro atoms. The average molecular weight is 311 g/mol. The molecule has 0 saturated heterocycles. The Morgan fingerprint density at radius 3 is 2.76 bits per heavy atom. The van der Waals surface area contributed by atoms with Crippen molar-refractivity contribution in [2.75, 3.05) is 11.9 Å². The fraction of sp³-hybridized carbons (Fsp3) is 0.154. The zero-order chi connectivity index (χ0) is 15.4. The normalized spacial score (nSPS) is 10.2. The van der Waals surface area contributed by atoms with Gasteiger partial charge in [0.25, 0.3) is 11.6 Å². The summed E-state index contributed by atoms with van der Waals surface area (Å²) in [5, 5.41) is 13.5. The zero-order valence-electron chi connectivity index (χ0n) is 11.0. The molecule has 8 heteroatoms. The van der Waals surface area contributed by atoms with Crippen LogP contribution in [0.15, 0.2) is 34.7 Å².